The monoisotopic (exact) mass is 264 g/mol. The Hall–Kier alpha value is -0.130. The van der Waals surface area contributed by atoms with Gasteiger partial charge in [0.15, 0.2) is 0 Å². The van der Waals surface area contributed by atoms with Crippen molar-refractivity contribution in [1.82, 2.24) is 9.62 Å². The maximum Gasteiger partial charge on any atom is 0.214 e. The molecule has 104 valence electrons. The number of nitrogens with zero attached hydrogens (tertiary/aromatic N) is 1. The molecule has 0 bridgehead atoms. The highest BCUT2D eigenvalue weighted by atomic mass is 32.2. The lowest BCUT2D eigenvalue weighted by atomic mass is 10.0. The van der Waals surface area contributed by atoms with Crippen LogP contribution in [0.25, 0.3) is 0 Å². The zero-order chi connectivity index (χ0) is 13.5. The van der Waals surface area contributed by atoms with Crippen LogP contribution in [0.2, 0.25) is 0 Å². The maximum atomic E-state index is 12.1. The van der Waals surface area contributed by atoms with Crippen LogP contribution in [0.5, 0.6) is 0 Å². The molecule has 0 saturated carbocycles. The van der Waals surface area contributed by atoms with Crippen LogP contribution in [0.1, 0.15) is 47.0 Å². The van der Waals surface area contributed by atoms with Crippen LogP contribution in [0.15, 0.2) is 0 Å². The maximum absolute atomic E-state index is 12.1. The van der Waals surface area contributed by atoms with Crippen molar-refractivity contribution in [3.05, 3.63) is 0 Å². The average Bonchev–Trinajstić information content (AvgIpc) is 2.27. The minimum absolute atomic E-state index is 0.248. The number of rotatable bonds is 9. The third-order valence-corrected chi connectivity index (χ3v) is 5.52. The molecule has 0 spiro atoms. The van der Waals surface area contributed by atoms with Gasteiger partial charge in [0.05, 0.1) is 5.75 Å². The van der Waals surface area contributed by atoms with Gasteiger partial charge in [-0.2, -0.15) is 4.31 Å². The van der Waals surface area contributed by atoms with Gasteiger partial charge in [-0.05, 0) is 46.2 Å². The van der Waals surface area contributed by atoms with Gasteiger partial charge in [-0.25, -0.2) is 8.42 Å². The van der Waals surface area contributed by atoms with E-state index in [2.05, 4.69) is 5.32 Å². The molecule has 1 N–H and O–H groups in total. The molecule has 17 heavy (non-hydrogen) atoms. The molecule has 0 aromatic heterocycles. The second-order valence-corrected chi connectivity index (χ2v) is 7.13. The summed E-state index contributed by atoms with van der Waals surface area (Å²) in [6.07, 6.45) is 2.45. The van der Waals surface area contributed by atoms with Crippen molar-refractivity contribution in [1.29, 1.82) is 0 Å². The highest BCUT2D eigenvalue weighted by molar-refractivity contribution is 7.89. The van der Waals surface area contributed by atoms with E-state index in [0.717, 1.165) is 32.4 Å². The molecule has 0 saturated heterocycles. The van der Waals surface area contributed by atoms with E-state index >= 15 is 0 Å². The van der Waals surface area contributed by atoms with E-state index in [-0.39, 0.29) is 11.3 Å². The Kier molecular flexibility index (Phi) is 7.28. The molecular weight excluding hydrogens is 236 g/mol. The van der Waals surface area contributed by atoms with Gasteiger partial charge in [0, 0.05) is 12.6 Å². The molecule has 0 aliphatic heterocycles. The molecular formula is C12H28N2O2S. The summed E-state index contributed by atoms with van der Waals surface area (Å²) in [5.41, 5.74) is -0.291. The zero-order valence-corrected chi connectivity index (χ0v) is 12.7. The molecule has 4 nitrogen and oxygen atoms in total. The average molecular weight is 264 g/mol. The summed E-state index contributed by atoms with van der Waals surface area (Å²) in [7, 11) is -1.43. The molecule has 0 unspecified atom stereocenters. The van der Waals surface area contributed by atoms with Crippen LogP contribution in [-0.2, 0) is 10.0 Å². The van der Waals surface area contributed by atoms with Crippen molar-refractivity contribution < 1.29 is 8.42 Å². The van der Waals surface area contributed by atoms with Gasteiger partial charge in [0.2, 0.25) is 10.0 Å². The summed E-state index contributed by atoms with van der Waals surface area (Å²) < 4.78 is 25.7. The number of sulfonamides is 1. The van der Waals surface area contributed by atoms with Gasteiger partial charge in [-0.1, -0.05) is 13.8 Å². The Bertz CT molecular complexity index is 300. The van der Waals surface area contributed by atoms with Gasteiger partial charge in [-0.3, -0.25) is 0 Å². The quantitative estimate of drug-likeness (QED) is 0.646. The van der Waals surface area contributed by atoms with Crippen LogP contribution in [-0.4, -0.2) is 44.2 Å². The molecule has 0 radical (unpaired) electrons. The molecule has 0 aromatic rings. The molecule has 0 atom stereocenters. The van der Waals surface area contributed by atoms with Crippen molar-refractivity contribution in [3.63, 3.8) is 0 Å². The highest BCUT2D eigenvalue weighted by Gasteiger charge is 2.30. The second kappa shape index (κ2) is 7.34. The van der Waals surface area contributed by atoms with E-state index < -0.39 is 10.0 Å². The molecule has 0 rings (SSSR count). The van der Waals surface area contributed by atoms with Crippen molar-refractivity contribution in [2.24, 2.45) is 0 Å². The van der Waals surface area contributed by atoms with E-state index in [1.54, 1.807) is 7.05 Å². The summed E-state index contributed by atoms with van der Waals surface area (Å²) in [5, 5.41) is 3.20. The zero-order valence-electron chi connectivity index (χ0n) is 11.9. The molecule has 0 fully saturated rings. The third kappa shape index (κ3) is 5.84. The van der Waals surface area contributed by atoms with Gasteiger partial charge in [-0.15, -0.1) is 0 Å². The molecule has 0 aromatic carbocycles. The normalized spacial score (nSPS) is 13.3. The topological polar surface area (TPSA) is 49.4 Å². The van der Waals surface area contributed by atoms with Crippen molar-refractivity contribution in [2.45, 2.75) is 52.5 Å². The molecule has 0 aliphatic rings. The second-order valence-electron chi connectivity index (χ2n) is 5.01. The predicted molar refractivity (Wildman–Crippen MR) is 73.7 cm³/mol. The molecule has 5 heteroatoms. The van der Waals surface area contributed by atoms with Gasteiger partial charge < -0.3 is 5.32 Å². The minimum Gasteiger partial charge on any atom is -0.317 e. The standard InChI is InChI=1S/C12H28N2O2S/c1-6-12(3,4)14(5)17(15,16)11-9-8-10-13-7-2/h13H,6-11H2,1-5H3. The molecule has 0 amide bonds. The Labute approximate surface area is 107 Å². The summed E-state index contributed by atoms with van der Waals surface area (Å²) in [5.74, 6) is 0.248. The first-order valence-electron chi connectivity index (χ1n) is 6.45. The first-order chi connectivity index (χ1) is 7.78. The van der Waals surface area contributed by atoms with E-state index in [1.807, 2.05) is 27.7 Å². The first kappa shape index (κ1) is 16.9. The minimum atomic E-state index is -3.11. The van der Waals surface area contributed by atoms with Crippen LogP contribution >= 0.6 is 0 Å². The summed E-state index contributed by atoms with van der Waals surface area (Å²) in [4.78, 5) is 0. The Morgan fingerprint density at radius 2 is 1.76 bits per heavy atom. The molecule has 0 heterocycles. The molecule has 0 aliphatic carbocycles. The van der Waals surface area contributed by atoms with E-state index in [9.17, 15) is 8.42 Å². The Morgan fingerprint density at radius 1 is 1.18 bits per heavy atom. The summed E-state index contributed by atoms with van der Waals surface area (Å²) in [6.45, 7) is 9.82. The van der Waals surface area contributed by atoms with Crippen molar-refractivity contribution in [3.8, 4) is 0 Å². The first-order valence-corrected chi connectivity index (χ1v) is 8.06. The predicted octanol–water partition coefficient (Wildman–Crippen LogP) is 1.83. The van der Waals surface area contributed by atoms with E-state index in [0.29, 0.717) is 0 Å². The van der Waals surface area contributed by atoms with Crippen LogP contribution < -0.4 is 5.32 Å². The van der Waals surface area contributed by atoms with Gasteiger partial charge >= 0.3 is 0 Å². The van der Waals surface area contributed by atoms with Crippen molar-refractivity contribution >= 4 is 10.0 Å². The summed E-state index contributed by atoms with van der Waals surface area (Å²) in [6, 6.07) is 0. The number of unbranched alkanes of at least 4 members (excludes halogenated alkanes) is 1. The smallest absolute Gasteiger partial charge is 0.214 e. The highest BCUT2D eigenvalue weighted by Crippen LogP contribution is 2.20. The fraction of sp³-hybridized carbons (Fsp3) is 1.00. The third-order valence-electron chi connectivity index (χ3n) is 3.39. The van der Waals surface area contributed by atoms with Gasteiger partial charge in [0.25, 0.3) is 0 Å². The Morgan fingerprint density at radius 3 is 2.24 bits per heavy atom. The fourth-order valence-corrected chi connectivity index (χ4v) is 3.17. The van der Waals surface area contributed by atoms with Crippen LogP contribution in [0.3, 0.4) is 0 Å². The Balaban J connectivity index is 4.20. The number of hydrogen-bond donors (Lipinski definition) is 1. The number of hydrogen-bond acceptors (Lipinski definition) is 3. The SMILES string of the molecule is CCNCCCCS(=O)(=O)N(C)C(C)(C)CC. The van der Waals surface area contributed by atoms with Crippen LogP contribution in [0.4, 0.5) is 0 Å². The lowest BCUT2D eigenvalue weighted by molar-refractivity contribution is 0.257. The lowest BCUT2D eigenvalue weighted by Crippen LogP contribution is -2.45. The largest absolute Gasteiger partial charge is 0.317 e. The number of nitrogens with one attached hydrogen (secondary N) is 1. The van der Waals surface area contributed by atoms with E-state index in [4.69, 9.17) is 0 Å². The van der Waals surface area contributed by atoms with Crippen molar-refractivity contribution in [2.75, 3.05) is 25.9 Å². The van der Waals surface area contributed by atoms with E-state index in [1.165, 1.54) is 4.31 Å². The lowest BCUT2D eigenvalue weighted by Gasteiger charge is -2.33. The van der Waals surface area contributed by atoms with Crippen LogP contribution in [0, 0.1) is 0 Å². The fourth-order valence-electron chi connectivity index (χ4n) is 1.45. The van der Waals surface area contributed by atoms with Gasteiger partial charge in [0.1, 0.15) is 0 Å². The summed E-state index contributed by atoms with van der Waals surface area (Å²) >= 11 is 0.